The van der Waals surface area contributed by atoms with Crippen LogP contribution in [0.15, 0.2) is 40.2 Å². The van der Waals surface area contributed by atoms with Gasteiger partial charge in [-0.2, -0.15) is 0 Å². The lowest BCUT2D eigenvalue weighted by Crippen LogP contribution is -2.21. The van der Waals surface area contributed by atoms with Crippen molar-refractivity contribution in [2.45, 2.75) is 32.7 Å². The first-order chi connectivity index (χ1) is 9.97. The zero-order valence-corrected chi connectivity index (χ0v) is 15.2. The molecule has 0 aliphatic heterocycles. The van der Waals surface area contributed by atoms with E-state index in [0.29, 0.717) is 6.61 Å². The first-order valence-corrected chi connectivity index (χ1v) is 8.80. The third kappa shape index (κ3) is 5.13. The van der Waals surface area contributed by atoms with Crippen molar-refractivity contribution in [3.8, 4) is 5.75 Å². The summed E-state index contributed by atoms with van der Waals surface area (Å²) in [4.78, 5) is 1.33. The first kappa shape index (κ1) is 16.5. The lowest BCUT2D eigenvalue weighted by atomic mass is 9.86. The van der Waals surface area contributed by atoms with Crippen LogP contribution in [-0.2, 0) is 12.0 Å². The number of ether oxygens (including phenoxy) is 1. The average molecular weight is 368 g/mol. The number of hydrogen-bond donors (Lipinski definition) is 1. The van der Waals surface area contributed by atoms with Crippen LogP contribution in [0.2, 0.25) is 0 Å². The Labute approximate surface area is 139 Å². The van der Waals surface area contributed by atoms with Crippen molar-refractivity contribution in [3.63, 3.8) is 0 Å². The summed E-state index contributed by atoms with van der Waals surface area (Å²) in [5, 5.41) is 5.51. The molecule has 2 nitrogen and oxygen atoms in total. The molecule has 0 aliphatic rings. The van der Waals surface area contributed by atoms with Crippen molar-refractivity contribution in [1.82, 2.24) is 5.32 Å². The molecule has 1 N–H and O–H groups in total. The summed E-state index contributed by atoms with van der Waals surface area (Å²) in [6.07, 6.45) is 0. The minimum absolute atomic E-state index is 0.104. The van der Waals surface area contributed by atoms with Crippen molar-refractivity contribution < 1.29 is 4.74 Å². The van der Waals surface area contributed by atoms with E-state index in [1.807, 2.05) is 6.07 Å². The van der Waals surface area contributed by atoms with Gasteiger partial charge in [0.05, 0.1) is 0 Å². The molecule has 2 aromatic rings. The minimum Gasteiger partial charge on any atom is -0.492 e. The maximum atomic E-state index is 5.94. The second-order valence-electron chi connectivity index (χ2n) is 6.00. The monoisotopic (exact) mass is 367 g/mol. The van der Waals surface area contributed by atoms with E-state index in [9.17, 15) is 0 Å². The molecule has 0 spiro atoms. The van der Waals surface area contributed by atoms with Crippen LogP contribution in [0, 0.1) is 0 Å². The number of hydrogen-bond acceptors (Lipinski definition) is 3. The van der Waals surface area contributed by atoms with Crippen LogP contribution in [0.3, 0.4) is 0 Å². The molecule has 0 bridgehead atoms. The second kappa shape index (κ2) is 7.43. The molecule has 0 saturated heterocycles. The highest BCUT2D eigenvalue weighted by atomic mass is 79.9. The van der Waals surface area contributed by atoms with E-state index in [2.05, 4.69) is 71.7 Å². The van der Waals surface area contributed by atoms with Gasteiger partial charge in [-0.25, -0.2) is 0 Å². The summed E-state index contributed by atoms with van der Waals surface area (Å²) in [6, 6.07) is 10.4. The van der Waals surface area contributed by atoms with Gasteiger partial charge in [-0.15, -0.1) is 11.3 Å². The predicted molar refractivity (Wildman–Crippen MR) is 94.4 cm³/mol. The van der Waals surface area contributed by atoms with Gasteiger partial charge in [-0.05, 0) is 39.0 Å². The predicted octanol–water partition coefficient (Wildman–Crippen LogP) is 4.98. The molecule has 0 amide bonds. The summed E-state index contributed by atoms with van der Waals surface area (Å²) >= 11 is 5.23. The third-order valence-corrected chi connectivity index (χ3v) is 4.85. The molecule has 1 aromatic heterocycles. The van der Waals surface area contributed by atoms with Crippen LogP contribution in [-0.4, -0.2) is 13.2 Å². The fourth-order valence-corrected chi connectivity index (χ4v) is 3.52. The largest absolute Gasteiger partial charge is 0.492 e. The number of nitrogens with one attached hydrogen (secondary N) is 1. The number of benzene rings is 1. The Kier molecular flexibility index (Phi) is 5.85. The molecule has 1 aromatic carbocycles. The Bertz CT molecular complexity index is 574. The zero-order valence-electron chi connectivity index (χ0n) is 12.8. The van der Waals surface area contributed by atoms with Gasteiger partial charge in [-0.3, -0.25) is 0 Å². The molecular formula is C17H22BrNOS. The van der Waals surface area contributed by atoms with Crippen LogP contribution in [0.1, 0.15) is 31.2 Å². The number of halogens is 1. The Hall–Kier alpha value is -0.840. The van der Waals surface area contributed by atoms with Crippen LogP contribution >= 0.6 is 27.3 Å². The highest BCUT2D eigenvalue weighted by Crippen LogP contribution is 2.30. The molecule has 0 saturated carbocycles. The molecule has 1 heterocycles. The van der Waals surface area contributed by atoms with Gasteiger partial charge in [0.1, 0.15) is 12.4 Å². The average Bonchev–Trinajstić information content (AvgIpc) is 2.83. The fraction of sp³-hybridized carbons (Fsp3) is 0.412. The Morgan fingerprint density at radius 3 is 2.67 bits per heavy atom. The number of rotatable bonds is 6. The molecule has 0 radical (unpaired) electrons. The van der Waals surface area contributed by atoms with Gasteiger partial charge >= 0.3 is 0 Å². The molecule has 0 atom stereocenters. The highest BCUT2D eigenvalue weighted by Gasteiger charge is 2.18. The van der Waals surface area contributed by atoms with Crippen LogP contribution in [0.25, 0.3) is 0 Å². The normalized spacial score (nSPS) is 11.6. The van der Waals surface area contributed by atoms with Gasteiger partial charge in [0.15, 0.2) is 0 Å². The zero-order chi connectivity index (χ0) is 15.3. The van der Waals surface area contributed by atoms with Crippen molar-refractivity contribution in [2.24, 2.45) is 0 Å². The fourth-order valence-electron chi connectivity index (χ4n) is 2.10. The van der Waals surface area contributed by atoms with Crippen LogP contribution in [0.4, 0.5) is 0 Å². The quantitative estimate of drug-likeness (QED) is 0.727. The minimum atomic E-state index is 0.104. The van der Waals surface area contributed by atoms with Crippen LogP contribution in [0.5, 0.6) is 5.75 Å². The number of thiophene rings is 1. The van der Waals surface area contributed by atoms with Gasteiger partial charge in [0, 0.05) is 27.8 Å². The molecule has 114 valence electrons. The smallest absolute Gasteiger partial charge is 0.123 e. The second-order valence-corrected chi connectivity index (χ2v) is 7.91. The van der Waals surface area contributed by atoms with Gasteiger partial charge < -0.3 is 10.1 Å². The summed E-state index contributed by atoms with van der Waals surface area (Å²) in [5.41, 5.74) is 1.36. The summed E-state index contributed by atoms with van der Waals surface area (Å²) in [6.45, 7) is 9.04. The van der Waals surface area contributed by atoms with E-state index in [0.717, 1.165) is 23.3 Å². The topological polar surface area (TPSA) is 21.3 Å². The molecular weight excluding hydrogens is 346 g/mol. The first-order valence-electron chi connectivity index (χ1n) is 7.13. The molecule has 0 unspecified atom stereocenters. The highest BCUT2D eigenvalue weighted by molar-refractivity contribution is 9.10. The maximum absolute atomic E-state index is 5.94. The Balaban J connectivity index is 1.79. The SMILES string of the molecule is CC(C)(C)c1ccccc1OCCNCc1cc(Br)cs1. The summed E-state index contributed by atoms with van der Waals surface area (Å²) in [5.74, 6) is 0.991. The summed E-state index contributed by atoms with van der Waals surface area (Å²) < 4.78 is 7.09. The molecule has 2 rings (SSSR count). The molecule has 0 aliphatic carbocycles. The Morgan fingerprint density at radius 1 is 1.24 bits per heavy atom. The standard InChI is InChI=1S/C17H22BrNOS/c1-17(2,3)15-6-4-5-7-16(15)20-9-8-19-11-14-10-13(18)12-21-14/h4-7,10,12,19H,8-9,11H2,1-3H3. The molecule has 0 fully saturated rings. The van der Waals surface area contributed by atoms with E-state index in [4.69, 9.17) is 4.74 Å². The van der Waals surface area contributed by atoms with Crippen molar-refractivity contribution in [1.29, 1.82) is 0 Å². The van der Waals surface area contributed by atoms with E-state index in [-0.39, 0.29) is 5.41 Å². The van der Waals surface area contributed by atoms with E-state index >= 15 is 0 Å². The van der Waals surface area contributed by atoms with Crippen LogP contribution < -0.4 is 10.1 Å². The van der Waals surface area contributed by atoms with E-state index in [1.54, 1.807) is 11.3 Å². The third-order valence-electron chi connectivity index (χ3n) is 3.15. The van der Waals surface area contributed by atoms with Crippen molar-refractivity contribution >= 4 is 27.3 Å². The van der Waals surface area contributed by atoms with Gasteiger partial charge in [-0.1, -0.05) is 39.0 Å². The van der Waals surface area contributed by atoms with E-state index < -0.39 is 0 Å². The molecule has 21 heavy (non-hydrogen) atoms. The van der Waals surface area contributed by atoms with Gasteiger partial charge in [0.2, 0.25) is 0 Å². The lowest BCUT2D eigenvalue weighted by Gasteiger charge is -2.22. The van der Waals surface area contributed by atoms with Gasteiger partial charge in [0.25, 0.3) is 0 Å². The van der Waals surface area contributed by atoms with Crippen molar-refractivity contribution in [3.05, 3.63) is 50.6 Å². The maximum Gasteiger partial charge on any atom is 0.123 e. The number of para-hydroxylation sites is 1. The van der Waals surface area contributed by atoms with Crippen molar-refractivity contribution in [2.75, 3.05) is 13.2 Å². The Morgan fingerprint density at radius 2 is 2.00 bits per heavy atom. The molecule has 4 heteroatoms. The summed E-state index contributed by atoms with van der Waals surface area (Å²) in [7, 11) is 0. The van der Waals surface area contributed by atoms with E-state index in [1.165, 1.54) is 10.4 Å². The lowest BCUT2D eigenvalue weighted by molar-refractivity contribution is 0.305.